The number of nitrogens with zero attached hydrogens (tertiary/aromatic N) is 4. The predicted octanol–water partition coefficient (Wildman–Crippen LogP) is 8.86. The van der Waals surface area contributed by atoms with Gasteiger partial charge in [0.1, 0.15) is 11.5 Å². The van der Waals surface area contributed by atoms with Gasteiger partial charge in [-0.05, 0) is 52.4 Å². The van der Waals surface area contributed by atoms with Crippen LogP contribution in [-0.2, 0) is 0 Å². The van der Waals surface area contributed by atoms with E-state index in [2.05, 4.69) is 65.6 Å². The molecule has 8 rings (SSSR count). The second-order valence-corrected chi connectivity index (χ2v) is 9.96. The van der Waals surface area contributed by atoms with E-state index in [1.807, 2.05) is 66.9 Å². The van der Waals surface area contributed by atoms with Gasteiger partial charge in [0, 0.05) is 40.0 Å². The van der Waals surface area contributed by atoms with Gasteiger partial charge >= 0.3 is 0 Å². The fraction of sp³-hybridized carbons (Fsp3) is 0. The van der Waals surface area contributed by atoms with Crippen molar-refractivity contribution in [3.8, 4) is 67.9 Å². The summed E-state index contributed by atoms with van der Waals surface area (Å²) in [6.45, 7) is 0. The van der Waals surface area contributed by atoms with Crippen LogP contribution in [0.4, 0.5) is 0 Å². The highest BCUT2D eigenvalue weighted by molar-refractivity contribution is 6.04. The van der Waals surface area contributed by atoms with Crippen LogP contribution in [-0.4, -0.2) is 19.9 Å². The fourth-order valence-corrected chi connectivity index (χ4v) is 5.40. The number of hydrogen-bond acceptors (Lipinski definition) is 5. The molecule has 5 nitrogen and oxygen atoms in total. The van der Waals surface area contributed by atoms with Gasteiger partial charge in [-0.1, -0.05) is 91.0 Å². The maximum Gasteiger partial charge on any atom is 0.164 e. The molecule has 0 atom stereocenters. The van der Waals surface area contributed by atoms with Crippen LogP contribution in [0.1, 0.15) is 0 Å². The van der Waals surface area contributed by atoms with E-state index in [9.17, 15) is 0 Å². The highest BCUT2D eigenvalue weighted by atomic mass is 16.5. The molecule has 3 heterocycles. The maximum atomic E-state index is 6.32. The number of aromatic nitrogens is 4. The van der Waals surface area contributed by atoms with Crippen molar-refractivity contribution in [2.75, 3.05) is 0 Å². The van der Waals surface area contributed by atoms with E-state index >= 15 is 0 Å². The van der Waals surface area contributed by atoms with Gasteiger partial charge in [0.2, 0.25) is 0 Å². The Morgan fingerprint density at radius 1 is 0.439 bits per heavy atom. The Bertz CT molecular complexity index is 2050. The van der Waals surface area contributed by atoms with Crippen molar-refractivity contribution < 1.29 is 4.74 Å². The topological polar surface area (TPSA) is 60.8 Å². The smallest absolute Gasteiger partial charge is 0.164 e. The Kier molecular flexibility index (Phi) is 5.38. The van der Waals surface area contributed by atoms with Crippen LogP contribution >= 0.6 is 0 Å². The van der Waals surface area contributed by atoms with Crippen LogP contribution < -0.4 is 4.74 Å². The molecule has 1 aliphatic rings. The summed E-state index contributed by atoms with van der Waals surface area (Å²) in [5, 5.41) is 2.27. The van der Waals surface area contributed by atoms with Gasteiger partial charge in [0.05, 0.1) is 0 Å². The molecule has 0 aliphatic carbocycles. The SMILES string of the molecule is c1ccc(-c2nc(-c3ccc(-c4cccnc4)cc3)nc(-c3ccc4c(c3)-c3cccc5cccc(c35)O4)n2)cc1. The van der Waals surface area contributed by atoms with Crippen molar-refractivity contribution in [3.05, 3.63) is 134 Å². The monoisotopic (exact) mass is 526 g/mol. The summed E-state index contributed by atoms with van der Waals surface area (Å²) in [6, 6.07) is 40.9. The number of hydrogen-bond donors (Lipinski definition) is 0. The van der Waals surface area contributed by atoms with Gasteiger partial charge in [-0.25, -0.2) is 15.0 Å². The van der Waals surface area contributed by atoms with Gasteiger partial charge in [0.15, 0.2) is 17.5 Å². The van der Waals surface area contributed by atoms with E-state index in [-0.39, 0.29) is 0 Å². The number of benzene rings is 5. The molecule has 1 aliphatic heterocycles. The molecule has 0 radical (unpaired) electrons. The second kappa shape index (κ2) is 9.50. The van der Waals surface area contributed by atoms with E-state index in [0.717, 1.165) is 61.2 Å². The first-order valence-corrected chi connectivity index (χ1v) is 13.5. The first kappa shape index (κ1) is 23.2. The summed E-state index contributed by atoms with van der Waals surface area (Å²) < 4.78 is 6.32. The first-order valence-electron chi connectivity index (χ1n) is 13.5. The molecular formula is C36H22N4O. The number of fused-ring (bicyclic) bond motifs is 2. The number of ether oxygens (including phenoxy) is 1. The van der Waals surface area contributed by atoms with Gasteiger partial charge in [-0.15, -0.1) is 0 Å². The molecule has 0 unspecified atom stereocenters. The molecule has 7 aromatic rings. The molecule has 0 saturated carbocycles. The fourth-order valence-electron chi connectivity index (χ4n) is 5.40. The molecule has 2 aromatic heterocycles. The van der Waals surface area contributed by atoms with Gasteiger partial charge in [0.25, 0.3) is 0 Å². The van der Waals surface area contributed by atoms with Crippen molar-refractivity contribution in [1.29, 1.82) is 0 Å². The third kappa shape index (κ3) is 4.12. The van der Waals surface area contributed by atoms with Gasteiger partial charge in [-0.3, -0.25) is 4.98 Å². The van der Waals surface area contributed by atoms with Gasteiger partial charge in [-0.2, -0.15) is 0 Å². The van der Waals surface area contributed by atoms with Crippen molar-refractivity contribution in [2.24, 2.45) is 0 Å². The van der Waals surface area contributed by atoms with E-state index in [0.29, 0.717) is 17.5 Å². The standard InChI is InChI=1S/C36H22N4O/c1-2-7-25(8-3-1)34-38-35(26-16-14-23(15-17-26)28-11-6-20-37-22-28)40-36(39-34)27-18-19-31-30(21-27)29-12-4-9-24-10-5-13-32(41-31)33(24)29/h1-22H. The molecule has 5 aromatic carbocycles. The lowest BCUT2D eigenvalue weighted by Gasteiger charge is -2.21. The minimum atomic E-state index is 0.610. The van der Waals surface area contributed by atoms with Crippen LogP contribution in [0.3, 0.4) is 0 Å². The highest BCUT2D eigenvalue weighted by Gasteiger charge is 2.21. The molecule has 41 heavy (non-hydrogen) atoms. The van der Waals surface area contributed by atoms with Crippen LogP contribution in [0.25, 0.3) is 67.2 Å². The average Bonchev–Trinajstić information content (AvgIpc) is 3.05. The summed E-state index contributed by atoms with van der Waals surface area (Å²) in [6.07, 6.45) is 3.64. The lowest BCUT2D eigenvalue weighted by Crippen LogP contribution is -2.01. The third-order valence-electron chi connectivity index (χ3n) is 7.42. The largest absolute Gasteiger partial charge is 0.456 e. The van der Waals surface area contributed by atoms with E-state index in [1.54, 1.807) is 6.20 Å². The van der Waals surface area contributed by atoms with E-state index in [4.69, 9.17) is 19.7 Å². The van der Waals surface area contributed by atoms with Crippen molar-refractivity contribution in [2.45, 2.75) is 0 Å². The summed E-state index contributed by atoms with van der Waals surface area (Å²) in [4.78, 5) is 19.0. The maximum absolute atomic E-state index is 6.32. The second-order valence-electron chi connectivity index (χ2n) is 9.96. The predicted molar refractivity (Wildman–Crippen MR) is 162 cm³/mol. The molecule has 192 valence electrons. The normalized spacial score (nSPS) is 11.6. The Morgan fingerprint density at radius 3 is 1.85 bits per heavy atom. The zero-order chi connectivity index (χ0) is 27.2. The molecule has 0 N–H and O–H groups in total. The Labute approximate surface area is 236 Å². The number of rotatable bonds is 4. The van der Waals surface area contributed by atoms with Gasteiger partial charge < -0.3 is 4.74 Å². The molecule has 5 heteroatoms. The minimum absolute atomic E-state index is 0.610. The van der Waals surface area contributed by atoms with Crippen molar-refractivity contribution >= 4 is 10.8 Å². The summed E-state index contributed by atoms with van der Waals surface area (Å²) in [5.41, 5.74) is 7.07. The zero-order valence-corrected chi connectivity index (χ0v) is 21.9. The summed E-state index contributed by atoms with van der Waals surface area (Å²) in [5.74, 6) is 3.56. The lowest BCUT2D eigenvalue weighted by molar-refractivity contribution is 0.487. The quantitative estimate of drug-likeness (QED) is 0.229. The molecular weight excluding hydrogens is 504 g/mol. The highest BCUT2D eigenvalue weighted by Crippen LogP contribution is 2.47. The molecule has 0 spiro atoms. The zero-order valence-electron chi connectivity index (χ0n) is 21.9. The summed E-state index contributed by atoms with van der Waals surface area (Å²) >= 11 is 0. The molecule has 0 fully saturated rings. The molecule has 0 saturated heterocycles. The Hall–Kier alpha value is -5.68. The van der Waals surface area contributed by atoms with Crippen LogP contribution in [0, 0.1) is 0 Å². The third-order valence-corrected chi connectivity index (χ3v) is 7.42. The first-order chi connectivity index (χ1) is 20.3. The Morgan fingerprint density at radius 2 is 1.10 bits per heavy atom. The van der Waals surface area contributed by atoms with E-state index < -0.39 is 0 Å². The minimum Gasteiger partial charge on any atom is -0.456 e. The van der Waals surface area contributed by atoms with Crippen LogP contribution in [0.15, 0.2) is 134 Å². The lowest BCUT2D eigenvalue weighted by atomic mass is 9.93. The summed E-state index contributed by atoms with van der Waals surface area (Å²) in [7, 11) is 0. The average molecular weight is 527 g/mol. The van der Waals surface area contributed by atoms with Crippen molar-refractivity contribution in [3.63, 3.8) is 0 Å². The molecule has 0 amide bonds. The Balaban J connectivity index is 1.27. The van der Waals surface area contributed by atoms with Crippen LogP contribution in [0.5, 0.6) is 11.5 Å². The van der Waals surface area contributed by atoms with Crippen LogP contribution in [0.2, 0.25) is 0 Å². The van der Waals surface area contributed by atoms with Crippen molar-refractivity contribution in [1.82, 2.24) is 19.9 Å². The molecule has 0 bridgehead atoms. The van der Waals surface area contributed by atoms with E-state index in [1.165, 1.54) is 0 Å². The number of pyridine rings is 1.